The Bertz CT molecular complexity index is 1110. The molecule has 1 aromatic heterocycles. The minimum Gasteiger partial charge on any atom is -0.323 e. The van der Waals surface area contributed by atoms with Gasteiger partial charge in [0.2, 0.25) is 5.91 Å². The van der Waals surface area contributed by atoms with Gasteiger partial charge in [0.05, 0.1) is 10.2 Å². The van der Waals surface area contributed by atoms with Gasteiger partial charge < -0.3 is 5.32 Å². The zero-order valence-corrected chi connectivity index (χ0v) is 15.7. The third-order valence-corrected chi connectivity index (χ3v) is 5.24. The Labute approximate surface area is 162 Å². The Balaban J connectivity index is 1.46. The van der Waals surface area contributed by atoms with Gasteiger partial charge in [0.15, 0.2) is 0 Å². The summed E-state index contributed by atoms with van der Waals surface area (Å²) < 4.78 is 1.19. The lowest BCUT2D eigenvalue weighted by molar-refractivity contribution is -0.111. The van der Waals surface area contributed by atoms with Gasteiger partial charge in [-0.1, -0.05) is 36.4 Å². The molecule has 0 unspecified atom stereocenters. The number of rotatable bonds is 4. The van der Waals surface area contributed by atoms with E-state index in [1.807, 2.05) is 54.6 Å². The van der Waals surface area contributed by atoms with Crippen LogP contribution in [-0.4, -0.2) is 10.9 Å². The number of carbonyl (C=O) groups is 1. The number of thiazole rings is 1. The number of benzene rings is 3. The van der Waals surface area contributed by atoms with Crippen molar-refractivity contribution in [2.24, 2.45) is 0 Å². The van der Waals surface area contributed by atoms with Crippen molar-refractivity contribution in [3.8, 4) is 10.6 Å². The number of carbonyl (C=O) groups excluding carboxylic acids is 1. The molecule has 132 valence electrons. The molecule has 0 aliphatic rings. The number of anilines is 1. The summed E-state index contributed by atoms with van der Waals surface area (Å²) in [6.45, 7) is 2.09. The van der Waals surface area contributed by atoms with Crippen molar-refractivity contribution in [3.63, 3.8) is 0 Å². The molecule has 1 amide bonds. The maximum absolute atomic E-state index is 12.1. The highest BCUT2D eigenvalue weighted by Gasteiger charge is 2.07. The zero-order chi connectivity index (χ0) is 18.6. The summed E-state index contributed by atoms with van der Waals surface area (Å²) in [6.07, 6.45) is 3.34. The Morgan fingerprint density at radius 2 is 1.78 bits per heavy atom. The number of aryl methyl sites for hydroxylation is 1. The summed E-state index contributed by atoms with van der Waals surface area (Å²) in [4.78, 5) is 16.8. The van der Waals surface area contributed by atoms with Gasteiger partial charge >= 0.3 is 0 Å². The quantitative estimate of drug-likeness (QED) is 0.453. The van der Waals surface area contributed by atoms with Crippen molar-refractivity contribution in [3.05, 3.63) is 90.0 Å². The molecule has 3 nitrogen and oxygen atoms in total. The van der Waals surface area contributed by atoms with Crippen LogP contribution in [0.5, 0.6) is 0 Å². The molecule has 3 aromatic carbocycles. The van der Waals surface area contributed by atoms with Gasteiger partial charge in [0.25, 0.3) is 0 Å². The lowest BCUT2D eigenvalue weighted by Crippen LogP contribution is -2.07. The molecule has 4 aromatic rings. The molecule has 4 rings (SSSR count). The summed E-state index contributed by atoms with van der Waals surface area (Å²) in [5.74, 6) is -0.151. The topological polar surface area (TPSA) is 42.0 Å². The highest BCUT2D eigenvalue weighted by molar-refractivity contribution is 7.21. The van der Waals surface area contributed by atoms with Gasteiger partial charge in [-0.05, 0) is 60.5 Å². The fourth-order valence-electron chi connectivity index (χ4n) is 2.77. The van der Waals surface area contributed by atoms with E-state index in [9.17, 15) is 4.79 Å². The van der Waals surface area contributed by atoms with E-state index in [4.69, 9.17) is 4.98 Å². The average molecular weight is 370 g/mol. The summed E-state index contributed by atoms with van der Waals surface area (Å²) in [5.41, 5.74) is 5.06. The molecular formula is C23H18N2OS. The van der Waals surface area contributed by atoms with E-state index >= 15 is 0 Å². The maximum Gasteiger partial charge on any atom is 0.248 e. The lowest BCUT2D eigenvalue weighted by Gasteiger charge is -2.03. The Hall–Kier alpha value is -3.24. The average Bonchev–Trinajstić information content (AvgIpc) is 3.11. The standard InChI is InChI=1S/C23H18N2OS/c1-16-7-13-20-21(15-16)27-23(25-20)18-9-11-19(12-10-18)24-22(26)14-8-17-5-3-2-4-6-17/h2-15H,1H3,(H,24,26)/b14-8+. The summed E-state index contributed by atoms with van der Waals surface area (Å²) in [5, 5.41) is 3.87. The second-order valence-corrected chi connectivity index (χ2v) is 7.33. The first kappa shape index (κ1) is 17.2. The second-order valence-electron chi connectivity index (χ2n) is 6.30. The van der Waals surface area contributed by atoms with Crippen LogP contribution in [-0.2, 0) is 4.79 Å². The van der Waals surface area contributed by atoms with E-state index in [-0.39, 0.29) is 5.91 Å². The van der Waals surface area contributed by atoms with Crippen molar-refractivity contribution in [2.45, 2.75) is 6.92 Å². The number of fused-ring (bicyclic) bond motifs is 1. The predicted molar refractivity (Wildman–Crippen MR) is 114 cm³/mol. The van der Waals surface area contributed by atoms with Gasteiger partial charge in [-0.25, -0.2) is 4.98 Å². The van der Waals surface area contributed by atoms with Crippen LogP contribution in [0, 0.1) is 6.92 Å². The Morgan fingerprint density at radius 1 is 1.00 bits per heavy atom. The van der Waals surface area contributed by atoms with E-state index in [0.717, 1.165) is 27.3 Å². The van der Waals surface area contributed by atoms with Crippen LogP contribution in [0.3, 0.4) is 0 Å². The SMILES string of the molecule is Cc1ccc2nc(-c3ccc(NC(=O)/C=C/c4ccccc4)cc3)sc2c1. The summed E-state index contributed by atoms with van der Waals surface area (Å²) in [6, 6.07) is 23.8. The molecule has 0 aliphatic heterocycles. The van der Waals surface area contributed by atoms with Crippen LogP contribution in [0.4, 0.5) is 5.69 Å². The molecule has 0 bridgehead atoms. The molecule has 1 heterocycles. The zero-order valence-electron chi connectivity index (χ0n) is 14.8. The van der Waals surface area contributed by atoms with Crippen LogP contribution < -0.4 is 5.32 Å². The Kier molecular flexibility index (Phi) is 4.81. The van der Waals surface area contributed by atoms with E-state index in [2.05, 4.69) is 30.4 Å². The molecule has 4 heteroatoms. The van der Waals surface area contributed by atoms with Gasteiger partial charge in [-0.3, -0.25) is 4.79 Å². The van der Waals surface area contributed by atoms with Crippen molar-refractivity contribution in [2.75, 3.05) is 5.32 Å². The number of nitrogens with zero attached hydrogens (tertiary/aromatic N) is 1. The molecule has 0 radical (unpaired) electrons. The first-order valence-electron chi connectivity index (χ1n) is 8.69. The van der Waals surface area contributed by atoms with Crippen molar-refractivity contribution in [1.29, 1.82) is 0 Å². The molecule has 0 saturated carbocycles. The van der Waals surface area contributed by atoms with Gasteiger partial charge in [-0.2, -0.15) is 0 Å². The fourth-order valence-corrected chi connectivity index (χ4v) is 3.84. The molecule has 0 atom stereocenters. The fraction of sp³-hybridized carbons (Fsp3) is 0.0435. The van der Waals surface area contributed by atoms with Crippen molar-refractivity contribution < 1.29 is 4.79 Å². The first-order chi connectivity index (χ1) is 13.2. The molecule has 0 aliphatic carbocycles. The maximum atomic E-state index is 12.1. The minimum absolute atomic E-state index is 0.151. The van der Waals surface area contributed by atoms with Crippen molar-refractivity contribution in [1.82, 2.24) is 4.98 Å². The molecular weight excluding hydrogens is 352 g/mol. The van der Waals surface area contributed by atoms with Crippen LogP contribution in [0.15, 0.2) is 78.9 Å². The van der Waals surface area contributed by atoms with E-state index in [1.165, 1.54) is 10.3 Å². The highest BCUT2D eigenvalue weighted by Crippen LogP contribution is 2.31. The molecule has 0 spiro atoms. The predicted octanol–water partition coefficient (Wildman–Crippen LogP) is 5.92. The third-order valence-electron chi connectivity index (χ3n) is 4.17. The van der Waals surface area contributed by atoms with Crippen LogP contribution in [0.25, 0.3) is 26.9 Å². The van der Waals surface area contributed by atoms with Crippen molar-refractivity contribution >= 4 is 39.2 Å². The number of amides is 1. The second kappa shape index (κ2) is 7.56. The minimum atomic E-state index is -0.151. The molecule has 0 saturated heterocycles. The lowest BCUT2D eigenvalue weighted by atomic mass is 10.2. The smallest absolute Gasteiger partial charge is 0.248 e. The van der Waals surface area contributed by atoms with Gasteiger partial charge in [0, 0.05) is 17.3 Å². The van der Waals surface area contributed by atoms with Crippen LogP contribution in [0.2, 0.25) is 0 Å². The van der Waals surface area contributed by atoms with Crippen LogP contribution >= 0.6 is 11.3 Å². The monoisotopic (exact) mass is 370 g/mol. The molecule has 0 fully saturated rings. The Morgan fingerprint density at radius 3 is 2.56 bits per heavy atom. The van der Waals surface area contributed by atoms with E-state index in [1.54, 1.807) is 23.5 Å². The molecule has 1 N–H and O–H groups in total. The molecule has 27 heavy (non-hydrogen) atoms. The normalized spacial score (nSPS) is 11.1. The number of nitrogens with one attached hydrogen (secondary N) is 1. The largest absolute Gasteiger partial charge is 0.323 e. The van der Waals surface area contributed by atoms with E-state index < -0.39 is 0 Å². The number of aromatic nitrogens is 1. The highest BCUT2D eigenvalue weighted by atomic mass is 32.1. The van der Waals surface area contributed by atoms with Gasteiger partial charge in [0.1, 0.15) is 5.01 Å². The first-order valence-corrected chi connectivity index (χ1v) is 9.51. The number of hydrogen-bond donors (Lipinski definition) is 1. The summed E-state index contributed by atoms with van der Waals surface area (Å²) in [7, 11) is 0. The number of hydrogen-bond acceptors (Lipinski definition) is 3. The van der Waals surface area contributed by atoms with E-state index in [0.29, 0.717) is 0 Å². The van der Waals surface area contributed by atoms with Gasteiger partial charge in [-0.15, -0.1) is 11.3 Å². The third kappa shape index (κ3) is 4.13. The summed E-state index contributed by atoms with van der Waals surface area (Å²) >= 11 is 1.68. The van der Waals surface area contributed by atoms with Crippen LogP contribution in [0.1, 0.15) is 11.1 Å².